The molecule has 2 bridgehead atoms. The third kappa shape index (κ3) is 1.62. The van der Waals surface area contributed by atoms with Gasteiger partial charge in [0.1, 0.15) is 17.8 Å². The molecule has 3 fully saturated rings. The van der Waals surface area contributed by atoms with Gasteiger partial charge in [-0.2, -0.15) is 0 Å². The summed E-state index contributed by atoms with van der Waals surface area (Å²) in [5.74, 6) is 0.0442. The van der Waals surface area contributed by atoms with Crippen LogP contribution in [-0.4, -0.2) is 29.9 Å². The quantitative estimate of drug-likeness (QED) is 0.620. The van der Waals surface area contributed by atoms with E-state index >= 15 is 0 Å². The second-order valence-corrected chi connectivity index (χ2v) is 6.77. The maximum absolute atomic E-state index is 12.6. The Balaban J connectivity index is 1.48. The lowest BCUT2D eigenvalue weighted by Crippen LogP contribution is -2.52. The summed E-state index contributed by atoms with van der Waals surface area (Å²) in [4.78, 5) is 24.0. The van der Waals surface area contributed by atoms with Crippen LogP contribution in [0.15, 0.2) is 42.5 Å². The van der Waals surface area contributed by atoms with Crippen molar-refractivity contribution in [2.75, 3.05) is 0 Å². The molecule has 2 saturated carbocycles. The lowest BCUT2D eigenvalue weighted by molar-refractivity contribution is -0.0844. The number of esters is 1. The van der Waals surface area contributed by atoms with Gasteiger partial charge in [-0.3, -0.25) is 0 Å². The highest BCUT2D eigenvalue weighted by atomic mass is 16.8. The van der Waals surface area contributed by atoms with Crippen molar-refractivity contribution in [2.45, 2.75) is 30.7 Å². The third-order valence-electron chi connectivity index (χ3n) is 5.86. The standard InChI is InChI=1S/C18H16O5/c19-16(10-5-2-1-3-6-10)23-18-8-4-7-12(18)11-9-13(18)15-14(11)21-17(20)22-15/h1-6,8,11-15H,7,9H2/t11-,12-,13-,14-,15+,18+/m0/s1. The summed E-state index contributed by atoms with van der Waals surface area (Å²) in [5.41, 5.74) is -0.118. The van der Waals surface area contributed by atoms with E-state index in [0.717, 1.165) is 12.8 Å². The highest BCUT2D eigenvalue weighted by molar-refractivity contribution is 5.89. The lowest BCUT2D eigenvalue weighted by Gasteiger charge is -2.41. The first kappa shape index (κ1) is 13.2. The molecule has 5 nitrogen and oxygen atoms in total. The predicted octanol–water partition coefficient (Wildman–Crippen LogP) is 2.71. The Bertz CT molecular complexity index is 711. The van der Waals surface area contributed by atoms with E-state index in [0.29, 0.717) is 5.56 Å². The molecule has 5 heteroatoms. The summed E-state index contributed by atoms with van der Waals surface area (Å²) in [6, 6.07) is 9.01. The van der Waals surface area contributed by atoms with E-state index < -0.39 is 11.8 Å². The molecule has 1 aromatic carbocycles. The third-order valence-corrected chi connectivity index (χ3v) is 5.86. The molecule has 5 rings (SSSR count). The van der Waals surface area contributed by atoms with Crippen molar-refractivity contribution in [3.05, 3.63) is 48.0 Å². The van der Waals surface area contributed by atoms with Crippen molar-refractivity contribution >= 4 is 12.1 Å². The minimum Gasteiger partial charge on any atom is -0.450 e. The fraction of sp³-hybridized carbons (Fsp3) is 0.444. The average molecular weight is 312 g/mol. The Morgan fingerprint density at radius 3 is 2.74 bits per heavy atom. The molecule has 3 aliphatic carbocycles. The van der Waals surface area contributed by atoms with Crippen LogP contribution in [0.2, 0.25) is 0 Å². The molecule has 0 spiro atoms. The molecule has 118 valence electrons. The average Bonchev–Trinajstić information content (AvgIpc) is 3.25. The second kappa shape index (κ2) is 4.37. The molecule has 1 heterocycles. The van der Waals surface area contributed by atoms with Gasteiger partial charge in [0, 0.05) is 17.8 Å². The molecule has 0 unspecified atom stereocenters. The summed E-state index contributed by atoms with van der Waals surface area (Å²) in [5, 5.41) is 0. The number of allylic oxidation sites excluding steroid dienone is 1. The lowest BCUT2D eigenvalue weighted by atomic mass is 9.74. The molecule has 1 aliphatic heterocycles. The van der Waals surface area contributed by atoms with E-state index in [1.165, 1.54) is 0 Å². The molecular weight excluding hydrogens is 296 g/mol. The van der Waals surface area contributed by atoms with Crippen LogP contribution in [0, 0.1) is 17.8 Å². The summed E-state index contributed by atoms with van der Waals surface area (Å²) < 4.78 is 16.7. The van der Waals surface area contributed by atoms with Gasteiger partial charge in [0.25, 0.3) is 0 Å². The Hall–Kier alpha value is -2.30. The summed E-state index contributed by atoms with van der Waals surface area (Å²) in [6.07, 6.45) is 4.74. The van der Waals surface area contributed by atoms with E-state index in [1.54, 1.807) is 12.1 Å². The van der Waals surface area contributed by atoms with Gasteiger partial charge in [-0.1, -0.05) is 24.3 Å². The minimum absolute atomic E-state index is 0.0136. The number of hydrogen-bond donors (Lipinski definition) is 0. The first-order valence-electron chi connectivity index (χ1n) is 8.02. The highest BCUT2D eigenvalue weighted by Crippen LogP contribution is 2.63. The number of rotatable bonds is 2. The Labute approximate surface area is 133 Å². The minimum atomic E-state index is -0.660. The van der Waals surface area contributed by atoms with Crippen molar-refractivity contribution in [1.29, 1.82) is 0 Å². The zero-order chi connectivity index (χ0) is 15.6. The van der Waals surface area contributed by atoms with Gasteiger partial charge in [-0.15, -0.1) is 0 Å². The van der Waals surface area contributed by atoms with Crippen LogP contribution in [0.25, 0.3) is 0 Å². The van der Waals surface area contributed by atoms with Crippen LogP contribution in [0.3, 0.4) is 0 Å². The van der Waals surface area contributed by atoms with Crippen molar-refractivity contribution in [3.63, 3.8) is 0 Å². The van der Waals surface area contributed by atoms with Crippen LogP contribution in [0.5, 0.6) is 0 Å². The Kier molecular flexibility index (Phi) is 2.50. The zero-order valence-corrected chi connectivity index (χ0v) is 12.4. The number of carbonyl (C=O) groups excluding carboxylic acids is 2. The fourth-order valence-corrected chi connectivity index (χ4v) is 5.02. The van der Waals surface area contributed by atoms with E-state index in [4.69, 9.17) is 14.2 Å². The van der Waals surface area contributed by atoms with Crippen LogP contribution in [0.1, 0.15) is 23.2 Å². The molecule has 0 amide bonds. The van der Waals surface area contributed by atoms with E-state index in [2.05, 4.69) is 6.08 Å². The fourth-order valence-electron chi connectivity index (χ4n) is 5.02. The Morgan fingerprint density at radius 1 is 1.13 bits per heavy atom. The summed E-state index contributed by atoms with van der Waals surface area (Å²) >= 11 is 0. The molecule has 0 aromatic heterocycles. The van der Waals surface area contributed by atoms with E-state index in [-0.39, 0.29) is 35.9 Å². The molecule has 0 N–H and O–H groups in total. The zero-order valence-electron chi connectivity index (χ0n) is 12.4. The number of benzene rings is 1. The number of hydrogen-bond acceptors (Lipinski definition) is 5. The van der Waals surface area contributed by atoms with Crippen LogP contribution in [0.4, 0.5) is 4.79 Å². The van der Waals surface area contributed by atoms with Crippen molar-refractivity contribution in [3.8, 4) is 0 Å². The van der Waals surface area contributed by atoms with Gasteiger partial charge in [-0.25, -0.2) is 9.59 Å². The van der Waals surface area contributed by atoms with Crippen LogP contribution in [-0.2, 0) is 14.2 Å². The van der Waals surface area contributed by atoms with Gasteiger partial charge < -0.3 is 14.2 Å². The van der Waals surface area contributed by atoms with Crippen molar-refractivity contribution in [1.82, 2.24) is 0 Å². The number of ether oxygens (including phenoxy) is 3. The monoisotopic (exact) mass is 312 g/mol. The maximum atomic E-state index is 12.6. The molecular formula is C18H16O5. The van der Waals surface area contributed by atoms with Crippen molar-refractivity contribution in [2.24, 2.45) is 17.8 Å². The molecule has 6 atom stereocenters. The first-order valence-corrected chi connectivity index (χ1v) is 8.02. The number of fused-ring (bicyclic) bond motifs is 8. The largest absolute Gasteiger partial charge is 0.509 e. The van der Waals surface area contributed by atoms with Crippen molar-refractivity contribution < 1.29 is 23.8 Å². The van der Waals surface area contributed by atoms with E-state index in [1.807, 2.05) is 24.3 Å². The number of carbonyl (C=O) groups is 2. The molecule has 23 heavy (non-hydrogen) atoms. The molecule has 4 aliphatic rings. The predicted molar refractivity (Wildman–Crippen MR) is 78.6 cm³/mol. The highest BCUT2D eigenvalue weighted by Gasteiger charge is 2.72. The Morgan fingerprint density at radius 2 is 1.91 bits per heavy atom. The van der Waals surface area contributed by atoms with Gasteiger partial charge in [0.05, 0.1) is 5.56 Å². The molecule has 1 aromatic rings. The SMILES string of the molecule is O=C1O[C@H]2[C@H]3C[C@@H]([C@H]2O1)[C@@]1(OC(=O)c2ccccc2)C=CC[C@@H]31. The molecule has 0 radical (unpaired) electrons. The van der Waals surface area contributed by atoms with Crippen LogP contribution >= 0.6 is 0 Å². The van der Waals surface area contributed by atoms with Gasteiger partial charge >= 0.3 is 12.1 Å². The van der Waals surface area contributed by atoms with Crippen LogP contribution < -0.4 is 0 Å². The smallest absolute Gasteiger partial charge is 0.450 e. The second-order valence-electron chi connectivity index (χ2n) is 6.77. The maximum Gasteiger partial charge on any atom is 0.509 e. The first-order chi connectivity index (χ1) is 11.2. The van der Waals surface area contributed by atoms with Gasteiger partial charge in [0.15, 0.2) is 0 Å². The van der Waals surface area contributed by atoms with E-state index in [9.17, 15) is 9.59 Å². The summed E-state index contributed by atoms with van der Waals surface area (Å²) in [7, 11) is 0. The summed E-state index contributed by atoms with van der Waals surface area (Å²) in [6.45, 7) is 0. The van der Waals surface area contributed by atoms with Gasteiger partial charge in [-0.05, 0) is 31.1 Å². The van der Waals surface area contributed by atoms with Gasteiger partial charge in [0.2, 0.25) is 0 Å². The molecule has 1 saturated heterocycles. The topological polar surface area (TPSA) is 61.8 Å². The normalized spacial score (nSPS) is 42.1.